The van der Waals surface area contributed by atoms with Gasteiger partial charge in [0.2, 0.25) is 0 Å². The van der Waals surface area contributed by atoms with Crippen LogP contribution in [0.5, 0.6) is 11.5 Å². The number of hydrogen-bond acceptors (Lipinski definition) is 8. The molecule has 0 spiro atoms. The van der Waals surface area contributed by atoms with Crippen molar-refractivity contribution >= 4 is 42.9 Å². The van der Waals surface area contributed by atoms with Gasteiger partial charge in [0, 0.05) is 34.7 Å². The second-order valence-corrected chi connectivity index (χ2v) is 9.59. The maximum absolute atomic E-state index is 12.4. The number of aromatic nitrogens is 2. The highest BCUT2D eigenvalue weighted by molar-refractivity contribution is 8.31. The molecule has 0 aliphatic rings. The third kappa shape index (κ3) is 4.96. The molecule has 2 aromatic carbocycles. The molecule has 0 fully saturated rings. The highest BCUT2D eigenvalue weighted by atomic mass is 32.8. The summed E-state index contributed by atoms with van der Waals surface area (Å²) in [7, 11) is 2.04. The number of nitrogens with one attached hydrogen (secondary N) is 3. The molecule has 1 heterocycles. The summed E-state index contributed by atoms with van der Waals surface area (Å²) >= 11 is 5.14. The van der Waals surface area contributed by atoms with Crippen LogP contribution in [0.15, 0.2) is 53.7 Å². The van der Waals surface area contributed by atoms with Crippen LogP contribution in [-0.4, -0.2) is 35.4 Å². The molecule has 3 rings (SSSR count). The number of ether oxygens (including phenoxy) is 2. The Labute approximate surface area is 180 Å². The van der Waals surface area contributed by atoms with Gasteiger partial charge in [-0.2, -0.15) is 0 Å². The van der Waals surface area contributed by atoms with Crippen LogP contribution < -0.4 is 24.8 Å². The summed E-state index contributed by atoms with van der Waals surface area (Å²) in [4.78, 5) is 9.06. The minimum atomic E-state index is -2.71. The van der Waals surface area contributed by atoms with Crippen molar-refractivity contribution in [2.75, 3.05) is 31.9 Å². The molecule has 0 aliphatic heterocycles. The molecule has 1 atom stereocenters. The number of aryl methyl sites for hydroxylation is 1. The van der Waals surface area contributed by atoms with Crippen LogP contribution in [0, 0.1) is 6.92 Å². The van der Waals surface area contributed by atoms with Gasteiger partial charge in [-0.15, -0.1) is 0 Å². The molecule has 158 valence electrons. The number of rotatable bonds is 8. The van der Waals surface area contributed by atoms with Crippen molar-refractivity contribution in [1.29, 1.82) is 0 Å². The number of methoxy groups -OCH3 is 2. The van der Waals surface area contributed by atoms with Gasteiger partial charge in [-0.25, -0.2) is 18.9 Å². The molecule has 3 N–H and O–H groups in total. The van der Waals surface area contributed by atoms with Crippen molar-refractivity contribution < 1.29 is 13.7 Å². The summed E-state index contributed by atoms with van der Waals surface area (Å²) in [5.74, 6) is 2.42. The maximum Gasteiger partial charge on any atom is 0.162 e. The Hall–Kier alpha value is -2.95. The van der Waals surface area contributed by atoms with Gasteiger partial charge in [-0.3, -0.25) is 0 Å². The molecule has 10 heteroatoms. The molecule has 0 aliphatic carbocycles. The predicted octanol–water partition coefficient (Wildman–Crippen LogP) is 3.53. The van der Waals surface area contributed by atoms with E-state index in [0.717, 1.165) is 16.9 Å². The lowest BCUT2D eigenvalue weighted by molar-refractivity contribution is 0.355. The Kier molecular flexibility index (Phi) is 6.70. The van der Waals surface area contributed by atoms with E-state index in [9.17, 15) is 4.21 Å². The minimum absolute atomic E-state index is 0.533. The molecular weight excluding hydrogens is 422 g/mol. The SMILES string of the molecule is CNS(=O)(=S)c1ccc(C)c(Nc2cc(Nc3ccc(OC)c(OC)c3)ncn2)c1. The quantitative estimate of drug-likeness (QED) is 0.485. The van der Waals surface area contributed by atoms with Gasteiger partial charge in [0.25, 0.3) is 0 Å². The maximum atomic E-state index is 12.4. The molecule has 1 aromatic heterocycles. The van der Waals surface area contributed by atoms with Crippen LogP contribution in [0.4, 0.5) is 23.0 Å². The average Bonchev–Trinajstić information content (AvgIpc) is 2.75. The topological polar surface area (TPSA) is 97.4 Å². The molecule has 0 amide bonds. The van der Waals surface area contributed by atoms with Crippen LogP contribution in [0.25, 0.3) is 0 Å². The molecule has 1 unspecified atom stereocenters. The Morgan fingerprint density at radius 2 is 1.63 bits per heavy atom. The van der Waals surface area contributed by atoms with E-state index in [1.807, 2.05) is 31.2 Å². The second kappa shape index (κ2) is 9.24. The highest BCUT2D eigenvalue weighted by Gasteiger charge is 2.11. The van der Waals surface area contributed by atoms with Gasteiger partial charge in [0.05, 0.1) is 19.1 Å². The van der Waals surface area contributed by atoms with Crippen molar-refractivity contribution in [1.82, 2.24) is 14.7 Å². The zero-order chi connectivity index (χ0) is 21.7. The summed E-state index contributed by atoms with van der Waals surface area (Å²) < 4.78 is 25.7. The lowest BCUT2D eigenvalue weighted by atomic mass is 10.2. The monoisotopic (exact) mass is 445 g/mol. The van der Waals surface area contributed by atoms with Crippen molar-refractivity contribution in [2.45, 2.75) is 11.8 Å². The van der Waals surface area contributed by atoms with Gasteiger partial charge in [-0.1, -0.05) is 6.07 Å². The van der Waals surface area contributed by atoms with E-state index in [2.05, 4.69) is 25.3 Å². The van der Waals surface area contributed by atoms with Gasteiger partial charge >= 0.3 is 0 Å². The lowest BCUT2D eigenvalue weighted by Crippen LogP contribution is -2.17. The van der Waals surface area contributed by atoms with Gasteiger partial charge in [0.15, 0.2) is 11.5 Å². The predicted molar refractivity (Wildman–Crippen MR) is 122 cm³/mol. The third-order valence-corrected chi connectivity index (χ3v) is 6.86. The van der Waals surface area contributed by atoms with E-state index in [1.165, 1.54) is 6.33 Å². The van der Waals surface area contributed by atoms with Crippen LogP contribution in [0.1, 0.15) is 5.56 Å². The first-order valence-electron chi connectivity index (χ1n) is 8.98. The Morgan fingerprint density at radius 3 is 2.30 bits per heavy atom. The summed E-state index contributed by atoms with van der Waals surface area (Å²) in [6.45, 7) is 1.95. The van der Waals surface area contributed by atoms with Crippen molar-refractivity contribution in [3.63, 3.8) is 0 Å². The van der Waals surface area contributed by atoms with E-state index >= 15 is 0 Å². The normalized spacial score (nSPS) is 12.7. The zero-order valence-electron chi connectivity index (χ0n) is 17.1. The summed E-state index contributed by atoms with van der Waals surface area (Å²) in [6, 6.07) is 12.7. The van der Waals surface area contributed by atoms with Crippen LogP contribution in [0.2, 0.25) is 0 Å². The summed E-state index contributed by atoms with van der Waals surface area (Å²) in [5.41, 5.74) is 2.51. The fraction of sp³-hybridized carbons (Fsp3) is 0.200. The number of nitrogens with zero attached hydrogens (tertiary/aromatic N) is 2. The number of hydrogen-bond donors (Lipinski definition) is 3. The first-order valence-corrected chi connectivity index (χ1v) is 11.5. The van der Waals surface area contributed by atoms with Gasteiger partial charge in [-0.05, 0) is 43.8 Å². The fourth-order valence-corrected chi connectivity index (χ4v) is 3.78. The van der Waals surface area contributed by atoms with Crippen LogP contribution in [-0.2, 0) is 19.9 Å². The van der Waals surface area contributed by atoms with Crippen molar-refractivity contribution in [3.05, 3.63) is 54.4 Å². The molecule has 0 saturated heterocycles. The second-order valence-electron chi connectivity index (χ2n) is 6.29. The fourth-order valence-electron chi connectivity index (χ4n) is 2.71. The molecule has 0 radical (unpaired) electrons. The highest BCUT2D eigenvalue weighted by Crippen LogP contribution is 2.31. The van der Waals surface area contributed by atoms with E-state index in [0.29, 0.717) is 28.0 Å². The summed E-state index contributed by atoms with van der Waals surface area (Å²) in [6.07, 6.45) is 1.45. The van der Waals surface area contributed by atoms with Crippen molar-refractivity contribution in [3.8, 4) is 11.5 Å². The largest absolute Gasteiger partial charge is 0.493 e. The molecule has 8 nitrogen and oxygen atoms in total. The average molecular weight is 446 g/mol. The number of anilines is 4. The minimum Gasteiger partial charge on any atom is -0.493 e. The molecular formula is C20H23N5O3S2. The Morgan fingerprint density at radius 1 is 0.933 bits per heavy atom. The first-order chi connectivity index (χ1) is 14.4. The van der Waals surface area contributed by atoms with E-state index in [1.54, 1.807) is 39.5 Å². The van der Waals surface area contributed by atoms with Gasteiger partial charge < -0.3 is 20.1 Å². The lowest BCUT2D eigenvalue weighted by Gasteiger charge is -2.14. The molecule has 0 saturated carbocycles. The third-order valence-electron chi connectivity index (χ3n) is 4.37. The number of benzene rings is 2. The Bertz CT molecular complexity index is 1150. The van der Waals surface area contributed by atoms with Gasteiger partial charge in [0.1, 0.15) is 26.6 Å². The molecule has 0 bridgehead atoms. The molecule has 30 heavy (non-hydrogen) atoms. The van der Waals surface area contributed by atoms with Crippen molar-refractivity contribution in [2.24, 2.45) is 0 Å². The van der Waals surface area contributed by atoms with Crippen LogP contribution in [0.3, 0.4) is 0 Å². The van der Waals surface area contributed by atoms with Crippen LogP contribution >= 0.6 is 0 Å². The zero-order valence-corrected chi connectivity index (χ0v) is 18.7. The van der Waals surface area contributed by atoms with E-state index in [4.69, 9.17) is 20.7 Å². The first kappa shape index (κ1) is 21.8. The smallest absolute Gasteiger partial charge is 0.162 e. The molecule has 3 aromatic rings. The standard InChI is InChI=1S/C20H23N5O3S2/c1-13-5-7-15(30(26,29)21-2)10-16(13)25-20-11-19(22-12-23-20)24-14-6-8-17(27-3)18(9-14)28-4/h5-12,21H,1-4H3,(H2,22,23,24,25). The summed E-state index contributed by atoms with van der Waals surface area (Å²) in [5, 5.41) is 6.46. The Balaban J connectivity index is 1.84. The van der Waals surface area contributed by atoms with E-state index in [-0.39, 0.29) is 0 Å². The van der Waals surface area contributed by atoms with E-state index < -0.39 is 8.68 Å².